The monoisotopic (exact) mass is 249 g/mol. The van der Waals surface area contributed by atoms with Crippen LogP contribution < -0.4 is 0 Å². The highest BCUT2D eigenvalue weighted by atomic mass is 35.5. The molecule has 0 aromatic rings. The van der Waals surface area contributed by atoms with Crippen LogP contribution in [0.15, 0.2) is 4.99 Å². The average molecular weight is 250 g/mol. The molecule has 1 rings (SSSR count). The maximum absolute atomic E-state index is 5.97. The van der Waals surface area contributed by atoms with Crippen molar-refractivity contribution in [3.8, 4) is 0 Å². The lowest BCUT2D eigenvalue weighted by molar-refractivity contribution is 0.441. The van der Waals surface area contributed by atoms with Crippen molar-refractivity contribution in [1.82, 2.24) is 0 Å². The summed E-state index contributed by atoms with van der Waals surface area (Å²) in [7, 11) is 0. The van der Waals surface area contributed by atoms with Crippen LogP contribution in [0.2, 0.25) is 0 Å². The van der Waals surface area contributed by atoms with Crippen molar-refractivity contribution >= 4 is 28.9 Å². The molecule has 1 saturated carbocycles. The van der Waals surface area contributed by atoms with Crippen molar-refractivity contribution in [2.45, 2.75) is 63.3 Å². The molecule has 0 radical (unpaired) electrons. The van der Waals surface area contributed by atoms with Crippen LogP contribution in [0.1, 0.15) is 52.4 Å². The van der Waals surface area contributed by atoms with Crippen LogP contribution in [0.4, 0.5) is 0 Å². The second-order valence-corrected chi connectivity index (χ2v) is 5.55. The average Bonchev–Trinajstić information content (AvgIpc) is 2.26. The minimum atomic E-state index is -0.429. The van der Waals surface area contributed by atoms with Gasteiger partial charge >= 0.3 is 0 Å². The first kappa shape index (κ1) is 13.3. The van der Waals surface area contributed by atoms with E-state index in [0.29, 0.717) is 12.0 Å². The lowest BCUT2D eigenvalue weighted by Crippen LogP contribution is -2.22. The third-order valence-corrected chi connectivity index (χ3v) is 3.69. The van der Waals surface area contributed by atoms with E-state index in [1.54, 1.807) is 0 Å². The second-order valence-electron chi connectivity index (χ2n) is 4.46. The summed E-state index contributed by atoms with van der Waals surface area (Å²) >= 11 is 11.9. The molecule has 0 aromatic carbocycles. The highest BCUT2D eigenvalue weighted by Crippen LogP contribution is 2.23. The lowest BCUT2D eigenvalue weighted by atomic mass is 9.95. The third-order valence-electron chi connectivity index (χ3n) is 3.25. The van der Waals surface area contributed by atoms with Gasteiger partial charge in [-0.15, -0.1) is 0 Å². The van der Waals surface area contributed by atoms with Gasteiger partial charge in [0.25, 0.3) is 0 Å². The fourth-order valence-electron chi connectivity index (χ4n) is 2.03. The van der Waals surface area contributed by atoms with E-state index in [1.807, 2.05) is 0 Å². The fraction of sp³-hybridized carbons (Fsp3) is 0.917. The van der Waals surface area contributed by atoms with Gasteiger partial charge in [0, 0.05) is 11.8 Å². The Morgan fingerprint density at radius 2 is 1.87 bits per heavy atom. The molecule has 0 bridgehead atoms. The van der Waals surface area contributed by atoms with E-state index >= 15 is 0 Å². The van der Waals surface area contributed by atoms with Crippen molar-refractivity contribution in [3.05, 3.63) is 0 Å². The van der Waals surface area contributed by atoms with E-state index in [9.17, 15) is 0 Å². The van der Waals surface area contributed by atoms with Crippen LogP contribution in [0.5, 0.6) is 0 Å². The topological polar surface area (TPSA) is 12.4 Å². The standard InChI is InChI=1S/C12H21Cl2N/c1-3-9(2)11(12(13)14)15-10-7-5-4-6-8-10/h9-10,12H,3-8H2,1-2H3. The first-order valence-electron chi connectivity index (χ1n) is 6.00. The minimum absolute atomic E-state index is 0.409. The molecule has 1 aliphatic carbocycles. The zero-order chi connectivity index (χ0) is 11.3. The predicted octanol–water partition coefficient (Wildman–Crippen LogP) is 4.61. The van der Waals surface area contributed by atoms with Gasteiger partial charge < -0.3 is 0 Å². The Balaban J connectivity index is 2.64. The van der Waals surface area contributed by atoms with Crippen molar-refractivity contribution in [2.75, 3.05) is 0 Å². The van der Waals surface area contributed by atoms with Crippen molar-refractivity contribution < 1.29 is 0 Å². The number of nitrogens with zero attached hydrogens (tertiary/aromatic N) is 1. The molecule has 1 unspecified atom stereocenters. The normalized spacial score (nSPS) is 22.1. The Labute approximate surface area is 103 Å². The summed E-state index contributed by atoms with van der Waals surface area (Å²) in [6, 6.07) is 0.475. The largest absolute Gasteiger partial charge is 0.288 e. The van der Waals surface area contributed by atoms with E-state index < -0.39 is 4.84 Å². The molecule has 1 atom stereocenters. The molecule has 0 amide bonds. The van der Waals surface area contributed by atoms with Gasteiger partial charge in [-0.1, -0.05) is 56.3 Å². The van der Waals surface area contributed by atoms with Gasteiger partial charge in [-0.25, -0.2) is 0 Å². The molecule has 0 saturated heterocycles. The molecule has 1 fully saturated rings. The summed E-state index contributed by atoms with van der Waals surface area (Å²) < 4.78 is 0. The van der Waals surface area contributed by atoms with Crippen LogP contribution in [0.25, 0.3) is 0 Å². The molecule has 1 nitrogen and oxygen atoms in total. The number of rotatable bonds is 4. The molecule has 88 valence electrons. The quantitative estimate of drug-likeness (QED) is 0.510. The molecule has 0 aliphatic heterocycles. The molecule has 0 aromatic heterocycles. The Hall–Kier alpha value is 0.250. The van der Waals surface area contributed by atoms with Gasteiger partial charge in [0.05, 0.1) is 0 Å². The summed E-state index contributed by atoms with van der Waals surface area (Å²) in [4.78, 5) is 4.33. The second kappa shape index (κ2) is 6.75. The SMILES string of the molecule is CCC(C)C(=NC1CCCCC1)C(Cl)Cl. The number of aliphatic imine (C=N–C) groups is 1. The Morgan fingerprint density at radius 3 is 2.33 bits per heavy atom. The summed E-state index contributed by atoms with van der Waals surface area (Å²) in [6.07, 6.45) is 7.44. The molecule has 0 N–H and O–H groups in total. The summed E-state index contributed by atoms with van der Waals surface area (Å²) in [5, 5.41) is 0. The van der Waals surface area contributed by atoms with Crippen LogP contribution in [-0.4, -0.2) is 16.6 Å². The van der Waals surface area contributed by atoms with E-state index in [-0.39, 0.29) is 0 Å². The first-order chi connectivity index (χ1) is 7.15. The Kier molecular flexibility index (Phi) is 5.99. The molecule has 0 heterocycles. The van der Waals surface area contributed by atoms with E-state index in [0.717, 1.165) is 12.1 Å². The fourth-order valence-corrected chi connectivity index (χ4v) is 2.57. The van der Waals surface area contributed by atoms with Crippen LogP contribution in [0.3, 0.4) is 0 Å². The maximum atomic E-state index is 5.97. The highest BCUT2D eigenvalue weighted by molar-refractivity contribution is 6.54. The summed E-state index contributed by atoms with van der Waals surface area (Å²) in [6.45, 7) is 4.30. The Bertz CT molecular complexity index is 208. The zero-order valence-electron chi connectivity index (χ0n) is 9.68. The molecule has 3 heteroatoms. The van der Waals surface area contributed by atoms with Crippen LogP contribution in [-0.2, 0) is 0 Å². The minimum Gasteiger partial charge on any atom is -0.288 e. The Morgan fingerprint density at radius 1 is 1.27 bits per heavy atom. The third kappa shape index (κ3) is 4.32. The van der Waals surface area contributed by atoms with Gasteiger partial charge in [0.2, 0.25) is 0 Å². The maximum Gasteiger partial charge on any atom is 0.145 e. The van der Waals surface area contributed by atoms with Crippen molar-refractivity contribution in [2.24, 2.45) is 10.9 Å². The van der Waals surface area contributed by atoms with Gasteiger partial charge in [0.15, 0.2) is 0 Å². The molecule has 1 aliphatic rings. The van der Waals surface area contributed by atoms with E-state index in [1.165, 1.54) is 32.1 Å². The van der Waals surface area contributed by atoms with E-state index in [4.69, 9.17) is 28.2 Å². The number of hydrogen-bond acceptors (Lipinski definition) is 1. The van der Waals surface area contributed by atoms with Gasteiger partial charge in [0.1, 0.15) is 4.84 Å². The number of halogens is 2. The van der Waals surface area contributed by atoms with Crippen molar-refractivity contribution in [1.29, 1.82) is 0 Å². The predicted molar refractivity (Wildman–Crippen MR) is 69.3 cm³/mol. The molecule has 15 heavy (non-hydrogen) atoms. The van der Waals surface area contributed by atoms with E-state index in [2.05, 4.69) is 13.8 Å². The van der Waals surface area contributed by atoms with Gasteiger partial charge in [-0.3, -0.25) is 4.99 Å². The summed E-state index contributed by atoms with van der Waals surface area (Å²) in [5.41, 5.74) is 0.993. The van der Waals surface area contributed by atoms with Crippen LogP contribution >= 0.6 is 23.2 Å². The van der Waals surface area contributed by atoms with Gasteiger partial charge in [-0.2, -0.15) is 0 Å². The molecule has 0 spiro atoms. The van der Waals surface area contributed by atoms with Crippen LogP contribution in [0, 0.1) is 5.92 Å². The van der Waals surface area contributed by atoms with Crippen molar-refractivity contribution in [3.63, 3.8) is 0 Å². The molecular formula is C12H21Cl2N. The zero-order valence-corrected chi connectivity index (χ0v) is 11.2. The summed E-state index contributed by atoms with van der Waals surface area (Å²) in [5.74, 6) is 0.409. The first-order valence-corrected chi connectivity index (χ1v) is 6.88. The smallest absolute Gasteiger partial charge is 0.145 e. The van der Waals surface area contributed by atoms with Gasteiger partial charge in [-0.05, 0) is 25.2 Å². The lowest BCUT2D eigenvalue weighted by Gasteiger charge is -2.22. The highest BCUT2D eigenvalue weighted by Gasteiger charge is 2.19. The number of hydrogen-bond donors (Lipinski definition) is 0. The number of alkyl halides is 2. The molecular weight excluding hydrogens is 229 g/mol.